The van der Waals surface area contributed by atoms with E-state index in [4.69, 9.17) is 5.53 Å². The molecule has 4 heteroatoms. The minimum Gasteiger partial charge on any atom is -0.304 e. The van der Waals surface area contributed by atoms with Gasteiger partial charge in [0.2, 0.25) is 0 Å². The summed E-state index contributed by atoms with van der Waals surface area (Å²) in [6, 6.07) is 0.334. The van der Waals surface area contributed by atoms with Crippen LogP contribution in [0.5, 0.6) is 0 Å². The van der Waals surface area contributed by atoms with Crippen molar-refractivity contribution in [3.05, 3.63) is 10.4 Å². The standard InChI is InChI=1S/C6H14N4/c1-5(2)8-6(3,4)9-10-7/h5,8H,1-4H3. The van der Waals surface area contributed by atoms with Crippen molar-refractivity contribution in [1.29, 1.82) is 0 Å². The second kappa shape index (κ2) is 3.44. The maximum absolute atomic E-state index is 8.13. The highest BCUT2D eigenvalue weighted by atomic mass is 15.3. The Bertz CT molecular complexity index is 144. The molecule has 0 aromatic rings. The van der Waals surface area contributed by atoms with E-state index in [1.54, 1.807) is 0 Å². The monoisotopic (exact) mass is 142 g/mol. The van der Waals surface area contributed by atoms with Crippen molar-refractivity contribution in [2.24, 2.45) is 5.11 Å². The van der Waals surface area contributed by atoms with Crippen LogP contribution >= 0.6 is 0 Å². The Kier molecular flexibility index (Phi) is 3.19. The molecule has 10 heavy (non-hydrogen) atoms. The molecular weight excluding hydrogens is 128 g/mol. The van der Waals surface area contributed by atoms with Crippen LogP contribution in [0.2, 0.25) is 0 Å². The van der Waals surface area contributed by atoms with E-state index >= 15 is 0 Å². The molecule has 0 aliphatic carbocycles. The van der Waals surface area contributed by atoms with Crippen LogP contribution < -0.4 is 5.32 Å². The summed E-state index contributed by atoms with van der Waals surface area (Å²) < 4.78 is 0. The molecule has 0 saturated carbocycles. The van der Waals surface area contributed by atoms with Gasteiger partial charge in [-0.3, -0.25) is 0 Å². The second-order valence-electron chi connectivity index (χ2n) is 3.05. The van der Waals surface area contributed by atoms with E-state index in [-0.39, 0.29) is 0 Å². The molecule has 0 radical (unpaired) electrons. The third-order valence-corrected chi connectivity index (χ3v) is 0.937. The molecule has 4 nitrogen and oxygen atoms in total. The molecule has 0 unspecified atom stereocenters. The van der Waals surface area contributed by atoms with Crippen LogP contribution in [0.15, 0.2) is 5.11 Å². The molecule has 0 aromatic heterocycles. The number of nitrogens with one attached hydrogen (secondary N) is 1. The fourth-order valence-electron chi connectivity index (χ4n) is 0.847. The Morgan fingerprint density at radius 1 is 1.50 bits per heavy atom. The molecule has 0 fully saturated rings. The number of azide groups is 1. The van der Waals surface area contributed by atoms with Gasteiger partial charge >= 0.3 is 0 Å². The predicted molar refractivity (Wildman–Crippen MR) is 41.5 cm³/mol. The molecule has 0 heterocycles. The number of hydrogen-bond acceptors (Lipinski definition) is 2. The minimum atomic E-state index is -0.469. The van der Waals surface area contributed by atoms with Crippen molar-refractivity contribution < 1.29 is 0 Å². The number of rotatable bonds is 3. The number of hydrogen-bond donors (Lipinski definition) is 1. The molecule has 1 N–H and O–H groups in total. The lowest BCUT2D eigenvalue weighted by Crippen LogP contribution is -2.41. The van der Waals surface area contributed by atoms with Crippen LogP contribution in [-0.4, -0.2) is 11.7 Å². The minimum absolute atomic E-state index is 0.334. The molecule has 0 saturated heterocycles. The Morgan fingerprint density at radius 3 is 2.30 bits per heavy atom. The van der Waals surface area contributed by atoms with E-state index in [0.717, 1.165) is 0 Å². The maximum Gasteiger partial charge on any atom is 0.0919 e. The summed E-state index contributed by atoms with van der Waals surface area (Å²) in [6.45, 7) is 7.70. The molecule has 0 atom stereocenters. The van der Waals surface area contributed by atoms with E-state index in [9.17, 15) is 0 Å². The van der Waals surface area contributed by atoms with E-state index in [1.807, 2.05) is 27.7 Å². The van der Waals surface area contributed by atoms with Crippen LogP contribution in [-0.2, 0) is 0 Å². The van der Waals surface area contributed by atoms with E-state index in [1.165, 1.54) is 0 Å². The van der Waals surface area contributed by atoms with Gasteiger partial charge in [0.15, 0.2) is 0 Å². The topological polar surface area (TPSA) is 60.8 Å². The van der Waals surface area contributed by atoms with Gasteiger partial charge in [-0.2, -0.15) is 0 Å². The fourth-order valence-corrected chi connectivity index (χ4v) is 0.847. The van der Waals surface area contributed by atoms with Crippen LogP contribution in [0, 0.1) is 0 Å². The largest absolute Gasteiger partial charge is 0.304 e. The Balaban J connectivity index is 3.98. The van der Waals surface area contributed by atoms with E-state index in [2.05, 4.69) is 15.3 Å². The van der Waals surface area contributed by atoms with Crippen molar-refractivity contribution in [1.82, 2.24) is 5.32 Å². The molecule has 58 valence electrons. The summed E-state index contributed by atoms with van der Waals surface area (Å²) in [7, 11) is 0. The van der Waals surface area contributed by atoms with Crippen LogP contribution in [0.1, 0.15) is 27.7 Å². The number of nitrogens with zero attached hydrogens (tertiary/aromatic N) is 3. The molecule has 0 aliphatic rings. The zero-order valence-corrected chi connectivity index (χ0v) is 6.92. The zero-order chi connectivity index (χ0) is 8.20. The van der Waals surface area contributed by atoms with Crippen LogP contribution in [0.25, 0.3) is 10.4 Å². The summed E-state index contributed by atoms with van der Waals surface area (Å²) in [5.41, 5.74) is 7.66. The second-order valence-corrected chi connectivity index (χ2v) is 3.05. The Labute approximate surface area is 61.2 Å². The van der Waals surface area contributed by atoms with Gasteiger partial charge in [-0.25, -0.2) is 0 Å². The van der Waals surface area contributed by atoms with Gasteiger partial charge < -0.3 is 5.32 Å². The van der Waals surface area contributed by atoms with E-state index < -0.39 is 5.66 Å². The van der Waals surface area contributed by atoms with Crippen LogP contribution in [0.3, 0.4) is 0 Å². The summed E-state index contributed by atoms with van der Waals surface area (Å²) in [5, 5.41) is 6.67. The summed E-state index contributed by atoms with van der Waals surface area (Å²) >= 11 is 0. The van der Waals surface area contributed by atoms with Gasteiger partial charge in [0.1, 0.15) is 0 Å². The Morgan fingerprint density at radius 2 is 2.00 bits per heavy atom. The quantitative estimate of drug-likeness (QED) is 0.366. The van der Waals surface area contributed by atoms with Crippen molar-refractivity contribution in [2.45, 2.75) is 39.4 Å². The smallest absolute Gasteiger partial charge is 0.0919 e. The third-order valence-electron chi connectivity index (χ3n) is 0.937. The van der Waals surface area contributed by atoms with Crippen molar-refractivity contribution in [2.75, 3.05) is 0 Å². The molecule has 0 rings (SSSR count). The zero-order valence-electron chi connectivity index (χ0n) is 6.92. The summed E-state index contributed by atoms with van der Waals surface area (Å²) in [5.74, 6) is 0. The van der Waals surface area contributed by atoms with Crippen LogP contribution in [0.4, 0.5) is 0 Å². The SMILES string of the molecule is CC(C)NC(C)(C)N=[N+]=[N-]. The Hall–Kier alpha value is -0.730. The molecule has 0 spiro atoms. The first-order valence-corrected chi connectivity index (χ1v) is 3.32. The van der Waals surface area contributed by atoms with Gasteiger partial charge in [-0.1, -0.05) is 19.0 Å². The van der Waals surface area contributed by atoms with E-state index in [0.29, 0.717) is 6.04 Å². The van der Waals surface area contributed by atoms with Gasteiger partial charge in [0.05, 0.1) is 5.66 Å². The maximum atomic E-state index is 8.13. The summed E-state index contributed by atoms with van der Waals surface area (Å²) in [6.07, 6.45) is 0. The lowest BCUT2D eigenvalue weighted by Gasteiger charge is -2.22. The average Bonchev–Trinajstić information content (AvgIpc) is 1.59. The van der Waals surface area contributed by atoms with Gasteiger partial charge in [0.25, 0.3) is 0 Å². The highest BCUT2D eigenvalue weighted by Crippen LogP contribution is 2.04. The lowest BCUT2D eigenvalue weighted by atomic mass is 10.2. The first kappa shape index (κ1) is 9.27. The normalized spacial score (nSPS) is 11.3. The molecule has 0 aliphatic heterocycles. The van der Waals surface area contributed by atoms with Crippen molar-refractivity contribution in [3.8, 4) is 0 Å². The van der Waals surface area contributed by atoms with Crippen molar-refractivity contribution >= 4 is 0 Å². The molecule has 0 bridgehead atoms. The molecule has 0 aromatic carbocycles. The average molecular weight is 142 g/mol. The lowest BCUT2D eigenvalue weighted by molar-refractivity contribution is 0.366. The molecule has 0 amide bonds. The fraction of sp³-hybridized carbons (Fsp3) is 1.00. The van der Waals surface area contributed by atoms with Gasteiger partial charge in [-0.15, -0.1) is 0 Å². The van der Waals surface area contributed by atoms with Crippen molar-refractivity contribution in [3.63, 3.8) is 0 Å². The molecular formula is C6H14N4. The predicted octanol–water partition coefficient (Wildman–Crippen LogP) is 2.03. The first-order chi connectivity index (χ1) is 4.48. The first-order valence-electron chi connectivity index (χ1n) is 3.32. The summed E-state index contributed by atoms with van der Waals surface area (Å²) in [4.78, 5) is 2.72. The van der Waals surface area contributed by atoms with Gasteiger partial charge in [-0.05, 0) is 19.4 Å². The van der Waals surface area contributed by atoms with Gasteiger partial charge in [0, 0.05) is 11.0 Å². The third kappa shape index (κ3) is 4.18. The highest BCUT2D eigenvalue weighted by Gasteiger charge is 2.14. The highest BCUT2D eigenvalue weighted by molar-refractivity contribution is 4.76.